The molecular weight excluding hydrogens is 314 g/mol. The van der Waals surface area contributed by atoms with Crippen LogP contribution in [0.5, 0.6) is 0 Å². The Labute approximate surface area is 122 Å². The first-order valence-corrected chi connectivity index (χ1v) is 7.66. The molecule has 100 valence electrons. The van der Waals surface area contributed by atoms with Gasteiger partial charge in [-0.1, -0.05) is 40.5 Å². The van der Waals surface area contributed by atoms with Crippen LogP contribution in [0.25, 0.3) is 0 Å². The summed E-state index contributed by atoms with van der Waals surface area (Å²) >= 11 is 9.52. The molecular formula is C14H19BrClNO. The lowest BCUT2D eigenvalue weighted by Gasteiger charge is -2.22. The van der Waals surface area contributed by atoms with E-state index in [0.717, 1.165) is 35.6 Å². The van der Waals surface area contributed by atoms with Crippen LogP contribution < -0.4 is 0 Å². The molecule has 2 rings (SSSR count). The fourth-order valence-electron chi connectivity index (χ4n) is 2.25. The van der Waals surface area contributed by atoms with Crippen molar-refractivity contribution in [3.05, 3.63) is 33.3 Å². The lowest BCUT2D eigenvalue weighted by Crippen LogP contribution is -2.27. The van der Waals surface area contributed by atoms with Gasteiger partial charge in [0.05, 0.1) is 6.10 Å². The maximum absolute atomic E-state index is 10.2. The third-order valence-corrected chi connectivity index (χ3v) is 4.30. The molecule has 18 heavy (non-hydrogen) atoms. The van der Waals surface area contributed by atoms with Crippen LogP contribution in [0.4, 0.5) is 0 Å². The van der Waals surface area contributed by atoms with Crippen molar-refractivity contribution in [3.63, 3.8) is 0 Å². The van der Waals surface area contributed by atoms with Gasteiger partial charge in [0.25, 0.3) is 0 Å². The third-order valence-electron chi connectivity index (χ3n) is 3.48. The number of aliphatic hydroxyl groups is 1. The lowest BCUT2D eigenvalue weighted by molar-refractivity contribution is 0.141. The van der Waals surface area contributed by atoms with E-state index in [9.17, 15) is 5.11 Å². The second-order valence-electron chi connectivity index (χ2n) is 4.83. The van der Waals surface area contributed by atoms with Gasteiger partial charge in [-0.2, -0.15) is 0 Å². The van der Waals surface area contributed by atoms with Crippen LogP contribution in [0.2, 0.25) is 5.02 Å². The van der Waals surface area contributed by atoms with Gasteiger partial charge in [-0.3, -0.25) is 0 Å². The molecule has 1 unspecified atom stereocenters. The van der Waals surface area contributed by atoms with Crippen molar-refractivity contribution in [2.75, 3.05) is 13.1 Å². The molecule has 0 radical (unpaired) electrons. The van der Waals surface area contributed by atoms with E-state index in [1.807, 2.05) is 18.2 Å². The first-order chi connectivity index (χ1) is 8.61. The van der Waals surface area contributed by atoms with Gasteiger partial charge in [0.1, 0.15) is 0 Å². The number of aliphatic hydroxyl groups excluding tert-OH is 1. The number of hydrogen-bond donors (Lipinski definition) is 1. The molecule has 0 aromatic heterocycles. The van der Waals surface area contributed by atoms with Crippen molar-refractivity contribution in [3.8, 4) is 0 Å². The Morgan fingerprint density at radius 1 is 1.50 bits per heavy atom. The maximum atomic E-state index is 10.2. The minimum Gasteiger partial charge on any atom is -0.388 e. The fourth-order valence-corrected chi connectivity index (χ4v) is 3.05. The second-order valence-corrected chi connectivity index (χ2v) is 6.15. The summed E-state index contributed by atoms with van der Waals surface area (Å²) < 4.78 is 0.941. The van der Waals surface area contributed by atoms with Gasteiger partial charge in [-0.05, 0) is 43.5 Å². The van der Waals surface area contributed by atoms with Gasteiger partial charge in [0, 0.05) is 22.1 Å². The molecule has 1 fully saturated rings. The van der Waals surface area contributed by atoms with E-state index < -0.39 is 6.10 Å². The molecule has 1 aliphatic rings. The van der Waals surface area contributed by atoms with E-state index in [0.29, 0.717) is 5.02 Å². The van der Waals surface area contributed by atoms with Gasteiger partial charge in [-0.15, -0.1) is 0 Å². The minimum absolute atomic E-state index is 0.474. The Hall–Kier alpha value is -0.0900. The summed E-state index contributed by atoms with van der Waals surface area (Å²) in [6, 6.07) is 6.40. The number of nitrogens with zero attached hydrogens (tertiary/aromatic N) is 1. The summed E-state index contributed by atoms with van der Waals surface area (Å²) in [7, 11) is 0. The Morgan fingerprint density at radius 2 is 2.22 bits per heavy atom. The van der Waals surface area contributed by atoms with Gasteiger partial charge in [0.2, 0.25) is 0 Å². The average Bonchev–Trinajstić information content (AvgIpc) is 3.14. The Bertz CT molecular complexity index is 409. The van der Waals surface area contributed by atoms with Gasteiger partial charge >= 0.3 is 0 Å². The molecule has 1 N–H and O–H groups in total. The van der Waals surface area contributed by atoms with Crippen LogP contribution >= 0.6 is 27.5 Å². The topological polar surface area (TPSA) is 23.5 Å². The van der Waals surface area contributed by atoms with Gasteiger partial charge in [-0.25, -0.2) is 0 Å². The predicted octanol–water partition coefficient (Wildman–Crippen LogP) is 4.01. The van der Waals surface area contributed by atoms with Crippen LogP contribution in [0, 0.1) is 0 Å². The number of benzene rings is 1. The molecule has 0 saturated heterocycles. The molecule has 4 heteroatoms. The quantitative estimate of drug-likeness (QED) is 0.851. The van der Waals surface area contributed by atoms with Crippen LogP contribution in [0.3, 0.4) is 0 Å². The van der Waals surface area contributed by atoms with Crippen molar-refractivity contribution in [2.24, 2.45) is 0 Å². The standard InChI is InChI=1S/C14H19BrClNO/c1-2-17(11-4-5-11)8-7-14(18)12-6-3-10(15)9-13(12)16/h3,6,9,11,14,18H,2,4-5,7-8H2,1H3. The van der Waals surface area contributed by atoms with Crippen molar-refractivity contribution in [2.45, 2.75) is 38.3 Å². The van der Waals surface area contributed by atoms with Gasteiger partial charge in [0.15, 0.2) is 0 Å². The third kappa shape index (κ3) is 3.70. The summed E-state index contributed by atoms with van der Waals surface area (Å²) in [5.74, 6) is 0. The van der Waals surface area contributed by atoms with Crippen LogP contribution in [0.1, 0.15) is 37.9 Å². The summed E-state index contributed by atoms with van der Waals surface area (Å²) in [5.41, 5.74) is 0.826. The zero-order chi connectivity index (χ0) is 13.1. The second kappa shape index (κ2) is 6.38. The molecule has 0 heterocycles. The number of hydrogen-bond acceptors (Lipinski definition) is 2. The SMILES string of the molecule is CCN(CCC(O)c1ccc(Br)cc1Cl)C1CC1. The minimum atomic E-state index is -0.474. The Balaban J connectivity index is 1.92. The molecule has 1 saturated carbocycles. The highest BCUT2D eigenvalue weighted by Crippen LogP contribution is 2.30. The largest absolute Gasteiger partial charge is 0.388 e. The molecule has 0 spiro atoms. The van der Waals surface area contributed by atoms with Crippen molar-refractivity contribution in [1.29, 1.82) is 0 Å². The van der Waals surface area contributed by atoms with E-state index in [2.05, 4.69) is 27.8 Å². The number of halogens is 2. The molecule has 0 aliphatic heterocycles. The highest BCUT2D eigenvalue weighted by Gasteiger charge is 2.28. The van der Waals surface area contributed by atoms with E-state index >= 15 is 0 Å². The fraction of sp³-hybridized carbons (Fsp3) is 0.571. The molecule has 0 bridgehead atoms. The van der Waals surface area contributed by atoms with Crippen LogP contribution in [-0.2, 0) is 0 Å². The molecule has 0 amide bonds. The van der Waals surface area contributed by atoms with Crippen LogP contribution in [-0.4, -0.2) is 29.1 Å². The highest BCUT2D eigenvalue weighted by molar-refractivity contribution is 9.10. The summed E-state index contributed by atoms with van der Waals surface area (Å²) in [5, 5.41) is 10.8. The van der Waals surface area contributed by atoms with Crippen LogP contribution in [0.15, 0.2) is 22.7 Å². The Kier molecular flexibility index (Phi) is 5.07. The monoisotopic (exact) mass is 331 g/mol. The zero-order valence-corrected chi connectivity index (χ0v) is 12.9. The molecule has 1 aliphatic carbocycles. The van der Waals surface area contributed by atoms with E-state index in [4.69, 9.17) is 11.6 Å². The molecule has 1 aromatic carbocycles. The molecule has 2 nitrogen and oxygen atoms in total. The first-order valence-electron chi connectivity index (χ1n) is 6.49. The van der Waals surface area contributed by atoms with Gasteiger partial charge < -0.3 is 10.0 Å². The van der Waals surface area contributed by atoms with Crippen molar-refractivity contribution in [1.82, 2.24) is 4.90 Å². The Morgan fingerprint density at radius 3 is 2.78 bits per heavy atom. The summed E-state index contributed by atoms with van der Waals surface area (Å²) in [4.78, 5) is 2.44. The maximum Gasteiger partial charge on any atom is 0.0816 e. The zero-order valence-electron chi connectivity index (χ0n) is 10.6. The normalized spacial score (nSPS) is 17.2. The molecule has 1 atom stereocenters. The number of rotatable bonds is 6. The summed E-state index contributed by atoms with van der Waals surface area (Å²) in [6.45, 7) is 4.18. The van der Waals surface area contributed by atoms with Crippen molar-refractivity contribution < 1.29 is 5.11 Å². The van der Waals surface area contributed by atoms with Crippen molar-refractivity contribution >= 4 is 27.5 Å². The predicted molar refractivity (Wildman–Crippen MR) is 79.0 cm³/mol. The first kappa shape index (κ1) is 14.3. The van der Waals surface area contributed by atoms with E-state index in [1.54, 1.807) is 0 Å². The smallest absolute Gasteiger partial charge is 0.0816 e. The average molecular weight is 333 g/mol. The summed E-state index contributed by atoms with van der Waals surface area (Å²) in [6.07, 6.45) is 2.89. The molecule has 1 aromatic rings. The highest BCUT2D eigenvalue weighted by atomic mass is 79.9. The van der Waals surface area contributed by atoms with E-state index in [1.165, 1.54) is 12.8 Å². The van der Waals surface area contributed by atoms with E-state index in [-0.39, 0.29) is 0 Å². The lowest BCUT2D eigenvalue weighted by atomic mass is 10.1.